The number of aliphatic hydroxyl groups is 1. The molecule has 2 unspecified atom stereocenters. The molecule has 2 nitrogen and oxygen atoms in total. The normalized spacial score (nSPS) is 14.8. The Balaban J connectivity index is 2.62. The summed E-state index contributed by atoms with van der Waals surface area (Å²) >= 11 is 6.04. The average molecular weight is 243 g/mol. The molecular weight excluding hydrogens is 224 g/mol. The van der Waals surface area contributed by atoms with Crippen molar-refractivity contribution in [3.8, 4) is 0 Å². The fraction of sp³-hybridized carbons (Fsp3) is 0.538. The first kappa shape index (κ1) is 13.5. The van der Waals surface area contributed by atoms with Crippen LogP contribution in [0.5, 0.6) is 0 Å². The van der Waals surface area contributed by atoms with Crippen LogP contribution in [0.25, 0.3) is 0 Å². The van der Waals surface area contributed by atoms with E-state index in [9.17, 15) is 5.11 Å². The smallest absolute Gasteiger partial charge is 0.0842 e. The predicted octanol–water partition coefficient (Wildman–Crippen LogP) is 3.06. The SMILES string of the molecule is CCOC(CC)C(O)Cc1ccccc1Cl. The molecule has 0 aromatic heterocycles. The van der Waals surface area contributed by atoms with Gasteiger partial charge >= 0.3 is 0 Å². The lowest BCUT2D eigenvalue weighted by atomic mass is 10.0. The van der Waals surface area contributed by atoms with Crippen LogP contribution in [0.4, 0.5) is 0 Å². The zero-order chi connectivity index (χ0) is 12.0. The molecule has 0 radical (unpaired) electrons. The van der Waals surface area contributed by atoms with E-state index in [0.717, 1.165) is 12.0 Å². The van der Waals surface area contributed by atoms with Crippen molar-refractivity contribution in [1.82, 2.24) is 0 Å². The van der Waals surface area contributed by atoms with Crippen LogP contribution in [0.3, 0.4) is 0 Å². The second-order valence-electron chi connectivity index (χ2n) is 3.76. The molecule has 0 amide bonds. The molecule has 2 atom stereocenters. The third kappa shape index (κ3) is 3.78. The van der Waals surface area contributed by atoms with E-state index in [-0.39, 0.29) is 6.10 Å². The standard InChI is InChI=1S/C13H19ClO2/c1-3-13(16-4-2)12(15)9-10-7-5-6-8-11(10)14/h5-8,12-13,15H,3-4,9H2,1-2H3. The maximum absolute atomic E-state index is 10.0. The fourth-order valence-corrected chi connectivity index (χ4v) is 1.95. The van der Waals surface area contributed by atoms with Gasteiger partial charge in [0.25, 0.3) is 0 Å². The van der Waals surface area contributed by atoms with Gasteiger partial charge in [-0.1, -0.05) is 36.7 Å². The van der Waals surface area contributed by atoms with Crippen LogP contribution in [-0.4, -0.2) is 23.9 Å². The molecule has 0 spiro atoms. The van der Waals surface area contributed by atoms with Crippen molar-refractivity contribution in [1.29, 1.82) is 0 Å². The third-order valence-corrected chi connectivity index (χ3v) is 2.97. The second kappa shape index (κ2) is 6.89. The van der Waals surface area contributed by atoms with E-state index in [1.807, 2.05) is 38.1 Å². The first-order valence-electron chi connectivity index (χ1n) is 5.72. The van der Waals surface area contributed by atoms with E-state index in [2.05, 4.69) is 0 Å². The molecule has 0 heterocycles. The van der Waals surface area contributed by atoms with Gasteiger partial charge < -0.3 is 9.84 Å². The largest absolute Gasteiger partial charge is 0.390 e. The molecule has 1 aromatic carbocycles. The second-order valence-corrected chi connectivity index (χ2v) is 4.17. The zero-order valence-corrected chi connectivity index (χ0v) is 10.6. The minimum Gasteiger partial charge on any atom is -0.390 e. The number of benzene rings is 1. The molecule has 0 saturated carbocycles. The lowest BCUT2D eigenvalue weighted by Crippen LogP contribution is -2.30. The quantitative estimate of drug-likeness (QED) is 0.831. The monoisotopic (exact) mass is 242 g/mol. The summed E-state index contributed by atoms with van der Waals surface area (Å²) in [5.41, 5.74) is 0.967. The summed E-state index contributed by atoms with van der Waals surface area (Å²) in [5.74, 6) is 0. The van der Waals surface area contributed by atoms with Gasteiger partial charge in [0.2, 0.25) is 0 Å². The van der Waals surface area contributed by atoms with Crippen LogP contribution >= 0.6 is 11.6 Å². The molecule has 1 N–H and O–H groups in total. The van der Waals surface area contributed by atoms with Crippen molar-refractivity contribution in [3.63, 3.8) is 0 Å². The molecule has 0 aliphatic rings. The van der Waals surface area contributed by atoms with E-state index < -0.39 is 6.10 Å². The molecular formula is C13H19ClO2. The van der Waals surface area contributed by atoms with Crippen LogP contribution in [0.15, 0.2) is 24.3 Å². The third-order valence-electron chi connectivity index (χ3n) is 2.60. The van der Waals surface area contributed by atoms with E-state index in [1.165, 1.54) is 0 Å². The lowest BCUT2D eigenvalue weighted by molar-refractivity contribution is -0.0334. The van der Waals surface area contributed by atoms with E-state index in [4.69, 9.17) is 16.3 Å². The lowest BCUT2D eigenvalue weighted by Gasteiger charge is -2.21. The number of hydrogen-bond acceptors (Lipinski definition) is 2. The van der Waals surface area contributed by atoms with Crippen LogP contribution < -0.4 is 0 Å². The van der Waals surface area contributed by atoms with Crippen molar-refractivity contribution in [2.75, 3.05) is 6.61 Å². The Kier molecular flexibility index (Phi) is 5.81. The number of ether oxygens (including phenoxy) is 1. The molecule has 90 valence electrons. The van der Waals surface area contributed by atoms with Gasteiger partial charge in [0.05, 0.1) is 12.2 Å². The zero-order valence-electron chi connectivity index (χ0n) is 9.82. The van der Waals surface area contributed by atoms with Gasteiger partial charge in [-0.15, -0.1) is 0 Å². The van der Waals surface area contributed by atoms with E-state index in [0.29, 0.717) is 18.1 Å². The average Bonchev–Trinajstić information content (AvgIpc) is 2.29. The summed E-state index contributed by atoms with van der Waals surface area (Å²) in [6.07, 6.45) is 0.739. The van der Waals surface area contributed by atoms with Gasteiger partial charge in [0, 0.05) is 18.1 Å². The van der Waals surface area contributed by atoms with Crippen LogP contribution in [0.2, 0.25) is 5.02 Å². The Bertz CT molecular complexity index is 315. The predicted molar refractivity (Wildman–Crippen MR) is 66.9 cm³/mol. The Morgan fingerprint density at radius 2 is 2.00 bits per heavy atom. The number of hydrogen-bond donors (Lipinski definition) is 1. The Hall–Kier alpha value is -0.570. The minimum atomic E-state index is -0.496. The Morgan fingerprint density at radius 3 is 2.56 bits per heavy atom. The van der Waals surface area contributed by atoms with Gasteiger partial charge in [-0.2, -0.15) is 0 Å². The minimum absolute atomic E-state index is 0.110. The van der Waals surface area contributed by atoms with Gasteiger partial charge in [-0.25, -0.2) is 0 Å². The van der Waals surface area contributed by atoms with Gasteiger partial charge in [-0.3, -0.25) is 0 Å². The van der Waals surface area contributed by atoms with Crippen molar-refractivity contribution in [3.05, 3.63) is 34.9 Å². The fourth-order valence-electron chi connectivity index (χ4n) is 1.74. The number of aliphatic hydroxyl groups excluding tert-OH is 1. The highest BCUT2D eigenvalue weighted by atomic mass is 35.5. The molecule has 0 saturated heterocycles. The number of halogens is 1. The summed E-state index contributed by atoms with van der Waals surface area (Å²) in [7, 11) is 0. The molecule has 0 aliphatic carbocycles. The van der Waals surface area contributed by atoms with Crippen molar-refractivity contribution in [2.45, 2.75) is 38.9 Å². The summed E-state index contributed by atoms with van der Waals surface area (Å²) in [4.78, 5) is 0. The summed E-state index contributed by atoms with van der Waals surface area (Å²) < 4.78 is 5.47. The van der Waals surface area contributed by atoms with Crippen LogP contribution in [-0.2, 0) is 11.2 Å². The first-order chi connectivity index (χ1) is 7.69. The highest BCUT2D eigenvalue weighted by Crippen LogP contribution is 2.19. The number of rotatable bonds is 6. The van der Waals surface area contributed by atoms with Gasteiger partial charge in [0.15, 0.2) is 0 Å². The molecule has 1 rings (SSSR count). The topological polar surface area (TPSA) is 29.5 Å². The highest BCUT2D eigenvalue weighted by molar-refractivity contribution is 6.31. The molecule has 1 aromatic rings. The summed E-state index contributed by atoms with van der Waals surface area (Å²) in [5, 5.41) is 10.7. The van der Waals surface area contributed by atoms with Gasteiger partial charge in [-0.05, 0) is 25.0 Å². The van der Waals surface area contributed by atoms with Crippen LogP contribution in [0.1, 0.15) is 25.8 Å². The Morgan fingerprint density at radius 1 is 1.31 bits per heavy atom. The Labute approximate surface area is 102 Å². The molecule has 0 fully saturated rings. The maximum atomic E-state index is 10.0. The summed E-state index contributed by atoms with van der Waals surface area (Å²) in [6.45, 7) is 4.57. The summed E-state index contributed by atoms with van der Waals surface area (Å²) in [6, 6.07) is 7.59. The molecule has 3 heteroatoms. The van der Waals surface area contributed by atoms with Crippen molar-refractivity contribution >= 4 is 11.6 Å². The molecule has 0 bridgehead atoms. The highest BCUT2D eigenvalue weighted by Gasteiger charge is 2.18. The van der Waals surface area contributed by atoms with Crippen molar-refractivity contribution < 1.29 is 9.84 Å². The van der Waals surface area contributed by atoms with Crippen LogP contribution in [0, 0.1) is 0 Å². The maximum Gasteiger partial charge on any atom is 0.0842 e. The van der Waals surface area contributed by atoms with Gasteiger partial charge in [0.1, 0.15) is 0 Å². The first-order valence-corrected chi connectivity index (χ1v) is 6.09. The molecule has 0 aliphatic heterocycles. The van der Waals surface area contributed by atoms with E-state index >= 15 is 0 Å². The molecule has 16 heavy (non-hydrogen) atoms. The van der Waals surface area contributed by atoms with E-state index in [1.54, 1.807) is 0 Å². The van der Waals surface area contributed by atoms with Crippen molar-refractivity contribution in [2.24, 2.45) is 0 Å².